The fourth-order valence-corrected chi connectivity index (χ4v) is 5.03. The Morgan fingerprint density at radius 2 is 1.90 bits per heavy atom. The molecule has 5 heteroatoms. The summed E-state index contributed by atoms with van der Waals surface area (Å²) in [6.45, 7) is 6.25. The zero-order valence-electron chi connectivity index (χ0n) is 16.9. The van der Waals surface area contributed by atoms with E-state index in [1.165, 1.54) is 10.9 Å². The van der Waals surface area contributed by atoms with Gasteiger partial charge in [0.1, 0.15) is 11.3 Å². The number of likely N-dealkylation sites (tertiary alicyclic amines) is 2. The topological polar surface area (TPSA) is 49.6 Å². The first-order chi connectivity index (χ1) is 14.2. The van der Waals surface area contributed by atoms with Gasteiger partial charge in [0.2, 0.25) is 5.91 Å². The van der Waals surface area contributed by atoms with Crippen molar-refractivity contribution in [2.75, 3.05) is 19.6 Å². The maximum Gasteiger partial charge on any atom is 0.230 e. The molecule has 150 valence electrons. The molecule has 3 aromatic rings. The first-order valence-electron chi connectivity index (χ1n) is 10.6. The van der Waals surface area contributed by atoms with Crippen molar-refractivity contribution in [1.29, 1.82) is 0 Å². The zero-order chi connectivity index (χ0) is 19.8. The largest absolute Gasteiger partial charge is 0.461 e. The van der Waals surface area contributed by atoms with Crippen LogP contribution in [0.1, 0.15) is 36.8 Å². The summed E-state index contributed by atoms with van der Waals surface area (Å²) in [5.41, 5.74) is 2.99. The molecule has 0 radical (unpaired) electrons. The van der Waals surface area contributed by atoms with Crippen LogP contribution in [0, 0.1) is 5.41 Å². The maximum atomic E-state index is 13.3. The minimum atomic E-state index is -0.222. The molecule has 4 heterocycles. The van der Waals surface area contributed by atoms with Gasteiger partial charge in [-0.15, -0.1) is 0 Å². The van der Waals surface area contributed by atoms with E-state index < -0.39 is 0 Å². The van der Waals surface area contributed by atoms with Crippen molar-refractivity contribution in [3.8, 4) is 0 Å². The van der Waals surface area contributed by atoms with Crippen LogP contribution in [0.2, 0.25) is 0 Å². The Morgan fingerprint density at radius 3 is 2.72 bits per heavy atom. The SMILES string of the molecule is CCc1oc2ccccc2c1CN1CCC2(CCN(Cc3ccccn3)C2=O)C1. The second-order valence-electron chi connectivity index (χ2n) is 8.39. The third-order valence-corrected chi connectivity index (χ3v) is 6.60. The highest BCUT2D eigenvalue weighted by molar-refractivity contribution is 5.85. The van der Waals surface area contributed by atoms with Gasteiger partial charge in [-0.3, -0.25) is 14.7 Å². The van der Waals surface area contributed by atoms with E-state index in [0.717, 1.165) is 62.5 Å². The molecule has 2 fully saturated rings. The van der Waals surface area contributed by atoms with Crippen molar-refractivity contribution in [2.24, 2.45) is 5.41 Å². The molecule has 29 heavy (non-hydrogen) atoms. The molecule has 2 aromatic heterocycles. The van der Waals surface area contributed by atoms with E-state index in [1.54, 1.807) is 6.20 Å². The molecule has 1 aromatic carbocycles. The second-order valence-corrected chi connectivity index (χ2v) is 8.39. The summed E-state index contributed by atoms with van der Waals surface area (Å²) < 4.78 is 6.07. The lowest BCUT2D eigenvalue weighted by Crippen LogP contribution is -2.36. The highest BCUT2D eigenvalue weighted by Crippen LogP contribution is 2.42. The Kier molecular flexibility index (Phi) is 4.63. The molecule has 1 amide bonds. The number of furan rings is 1. The molecule has 0 saturated carbocycles. The van der Waals surface area contributed by atoms with Gasteiger partial charge in [-0.2, -0.15) is 0 Å². The number of rotatable bonds is 5. The first-order valence-corrected chi connectivity index (χ1v) is 10.6. The molecule has 1 atom stereocenters. The number of carbonyl (C=O) groups excluding carboxylic acids is 1. The van der Waals surface area contributed by atoms with Crippen LogP contribution in [0.15, 0.2) is 53.1 Å². The summed E-state index contributed by atoms with van der Waals surface area (Å²) in [6, 6.07) is 14.2. The molecule has 0 bridgehead atoms. The predicted molar refractivity (Wildman–Crippen MR) is 112 cm³/mol. The Bertz CT molecular complexity index is 1030. The van der Waals surface area contributed by atoms with Gasteiger partial charge in [0.05, 0.1) is 17.7 Å². The van der Waals surface area contributed by atoms with E-state index in [9.17, 15) is 4.79 Å². The highest BCUT2D eigenvalue weighted by atomic mass is 16.3. The number of para-hydroxylation sites is 1. The van der Waals surface area contributed by atoms with Crippen molar-refractivity contribution in [3.63, 3.8) is 0 Å². The summed E-state index contributed by atoms with van der Waals surface area (Å²) in [5.74, 6) is 1.38. The normalized spacial score (nSPS) is 22.4. The van der Waals surface area contributed by atoms with Crippen LogP contribution in [-0.2, 0) is 24.3 Å². The summed E-state index contributed by atoms with van der Waals surface area (Å²) >= 11 is 0. The number of hydrogen-bond donors (Lipinski definition) is 0. The minimum absolute atomic E-state index is 0.222. The monoisotopic (exact) mass is 389 g/mol. The van der Waals surface area contributed by atoms with Gasteiger partial charge >= 0.3 is 0 Å². The Balaban J connectivity index is 1.31. The van der Waals surface area contributed by atoms with Crippen LogP contribution in [-0.4, -0.2) is 40.3 Å². The molecule has 2 aliphatic heterocycles. The van der Waals surface area contributed by atoms with Crippen molar-refractivity contribution in [3.05, 3.63) is 65.7 Å². The summed E-state index contributed by atoms with van der Waals surface area (Å²) in [4.78, 5) is 22.1. The fourth-order valence-electron chi connectivity index (χ4n) is 5.03. The Morgan fingerprint density at radius 1 is 1.07 bits per heavy atom. The first kappa shape index (κ1) is 18.4. The number of benzene rings is 1. The van der Waals surface area contributed by atoms with Crippen molar-refractivity contribution in [2.45, 2.75) is 39.3 Å². The number of hydrogen-bond acceptors (Lipinski definition) is 4. The molecule has 0 N–H and O–H groups in total. The average molecular weight is 389 g/mol. The Hall–Kier alpha value is -2.66. The van der Waals surface area contributed by atoms with Gasteiger partial charge < -0.3 is 9.32 Å². The van der Waals surface area contributed by atoms with Crippen LogP contribution in [0.3, 0.4) is 0 Å². The number of nitrogens with zero attached hydrogens (tertiary/aromatic N) is 3. The van der Waals surface area contributed by atoms with Gasteiger partial charge in [-0.1, -0.05) is 31.2 Å². The minimum Gasteiger partial charge on any atom is -0.461 e. The number of aryl methyl sites for hydroxylation is 1. The molecule has 1 unspecified atom stereocenters. The van der Waals surface area contributed by atoms with Crippen molar-refractivity contribution >= 4 is 16.9 Å². The van der Waals surface area contributed by atoms with Crippen LogP contribution in [0.25, 0.3) is 11.0 Å². The molecule has 0 aliphatic carbocycles. The standard InChI is InChI=1S/C24H27N3O2/c1-2-21-20(19-8-3-4-9-22(19)29-21)16-26-13-10-24(17-26)11-14-27(23(24)28)15-18-7-5-6-12-25-18/h3-9,12H,2,10-11,13-17H2,1H3. The predicted octanol–water partition coefficient (Wildman–Crippen LogP) is 4.01. The molecular weight excluding hydrogens is 362 g/mol. The summed E-state index contributed by atoms with van der Waals surface area (Å²) in [5, 5.41) is 1.21. The quantitative estimate of drug-likeness (QED) is 0.661. The van der Waals surface area contributed by atoms with E-state index in [0.29, 0.717) is 12.5 Å². The molecule has 2 saturated heterocycles. The number of amides is 1. The van der Waals surface area contributed by atoms with E-state index in [2.05, 4.69) is 28.9 Å². The fraction of sp³-hybridized carbons (Fsp3) is 0.417. The van der Waals surface area contributed by atoms with Crippen LogP contribution in [0.4, 0.5) is 0 Å². The number of fused-ring (bicyclic) bond motifs is 1. The van der Waals surface area contributed by atoms with Crippen LogP contribution >= 0.6 is 0 Å². The van der Waals surface area contributed by atoms with Gasteiger partial charge in [0.15, 0.2) is 0 Å². The summed E-state index contributed by atoms with van der Waals surface area (Å²) in [7, 11) is 0. The van der Waals surface area contributed by atoms with Crippen molar-refractivity contribution in [1.82, 2.24) is 14.8 Å². The lowest BCUT2D eigenvalue weighted by molar-refractivity contribution is -0.136. The molecule has 5 nitrogen and oxygen atoms in total. The van der Waals surface area contributed by atoms with Crippen molar-refractivity contribution < 1.29 is 9.21 Å². The molecule has 2 aliphatic rings. The van der Waals surface area contributed by atoms with Gasteiger partial charge in [-0.25, -0.2) is 0 Å². The molecule has 1 spiro atoms. The van der Waals surface area contributed by atoms with E-state index in [1.807, 2.05) is 35.2 Å². The van der Waals surface area contributed by atoms with E-state index in [4.69, 9.17) is 4.42 Å². The second kappa shape index (κ2) is 7.30. The maximum absolute atomic E-state index is 13.3. The number of carbonyl (C=O) groups is 1. The molecule has 5 rings (SSSR count). The molecular formula is C24H27N3O2. The zero-order valence-corrected chi connectivity index (χ0v) is 16.9. The Labute approximate surface area is 171 Å². The van der Waals surface area contributed by atoms with E-state index in [-0.39, 0.29) is 5.41 Å². The third-order valence-electron chi connectivity index (χ3n) is 6.60. The van der Waals surface area contributed by atoms with Gasteiger partial charge in [0, 0.05) is 43.2 Å². The van der Waals surface area contributed by atoms with Crippen LogP contribution in [0.5, 0.6) is 0 Å². The lowest BCUT2D eigenvalue weighted by Gasteiger charge is -2.23. The third kappa shape index (κ3) is 3.23. The smallest absolute Gasteiger partial charge is 0.230 e. The number of pyridine rings is 1. The van der Waals surface area contributed by atoms with E-state index >= 15 is 0 Å². The lowest BCUT2D eigenvalue weighted by atomic mass is 9.85. The summed E-state index contributed by atoms with van der Waals surface area (Å²) in [6.07, 6.45) is 4.58. The van der Waals surface area contributed by atoms with Gasteiger partial charge in [-0.05, 0) is 37.6 Å². The van der Waals surface area contributed by atoms with Gasteiger partial charge in [0.25, 0.3) is 0 Å². The number of aromatic nitrogens is 1. The highest BCUT2D eigenvalue weighted by Gasteiger charge is 2.50. The van der Waals surface area contributed by atoms with Crippen LogP contribution < -0.4 is 0 Å². The average Bonchev–Trinajstić information content (AvgIpc) is 3.42.